The molecule has 0 spiro atoms. The SMILES string of the molecule is N#CCN1CCN(c2cccc(C#N)c2[N+](=O)[O-])CC1. The number of rotatable bonds is 3. The van der Waals surface area contributed by atoms with E-state index in [-0.39, 0.29) is 11.3 Å². The van der Waals surface area contributed by atoms with Crippen LogP contribution in [0.5, 0.6) is 0 Å². The molecule has 0 atom stereocenters. The number of nitriles is 2. The van der Waals surface area contributed by atoms with Crippen LogP contribution in [0.3, 0.4) is 0 Å². The molecular weight excluding hydrogens is 258 g/mol. The van der Waals surface area contributed by atoms with Crippen LogP contribution < -0.4 is 4.90 Å². The van der Waals surface area contributed by atoms with Gasteiger partial charge in [-0.25, -0.2) is 0 Å². The average Bonchev–Trinajstić information content (AvgIpc) is 2.47. The summed E-state index contributed by atoms with van der Waals surface area (Å²) in [6.07, 6.45) is 0. The molecule has 2 rings (SSSR count). The van der Waals surface area contributed by atoms with Crippen LogP contribution in [0.25, 0.3) is 0 Å². The Morgan fingerprint density at radius 1 is 1.25 bits per heavy atom. The number of anilines is 1. The molecule has 102 valence electrons. The number of para-hydroxylation sites is 1. The standard InChI is InChI=1S/C13H13N5O2/c14-4-5-16-6-8-17(9-7-16)12-3-1-2-11(10-15)13(12)18(19)20/h1-3H,5-9H2. The maximum absolute atomic E-state index is 11.2. The first-order chi connectivity index (χ1) is 9.67. The van der Waals surface area contributed by atoms with Gasteiger partial charge in [0.2, 0.25) is 0 Å². The third-order valence-electron chi connectivity index (χ3n) is 3.33. The van der Waals surface area contributed by atoms with Crippen LogP contribution >= 0.6 is 0 Å². The number of benzene rings is 1. The molecule has 0 N–H and O–H groups in total. The topological polar surface area (TPSA) is 97.2 Å². The number of piperazine rings is 1. The van der Waals surface area contributed by atoms with Crippen LogP contribution in [0.1, 0.15) is 5.56 Å². The van der Waals surface area contributed by atoms with Crippen molar-refractivity contribution in [3.63, 3.8) is 0 Å². The summed E-state index contributed by atoms with van der Waals surface area (Å²) < 4.78 is 0. The van der Waals surface area contributed by atoms with Crippen molar-refractivity contribution in [1.29, 1.82) is 10.5 Å². The molecule has 0 unspecified atom stereocenters. The summed E-state index contributed by atoms with van der Waals surface area (Å²) in [6.45, 7) is 2.95. The van der Waals surface area contributed by atoms with Gasteiger partial charge in [0.25, 0.3) is 0 Å². The second-order valence-corrected chi connectivity index (χ2v) is 4.46. The highest BCUT2D eigenvalue weighted by atomic mass is 16.6. The van der Waals surface area contributed by atoms with Gasteiger partial charge in [-0.3, -0.25) is 15.0 Å². The van der Waals surface area contributed by atoms with Gasteiger partial charge in [0.15, 0.2) is 0 Å². The number of hydrogen-bond acceptors (Lipinski definition) is 6. The van der Waals surface area contributed by atoms with E-state index in [2.05, 4.69) is 6.07 Å². The van der Waals surface area contributed by atoms with E-state index in [1.54, 1.807) is 12.1 Å². The van der Waals surface area contributed by atoms with Gasteiger partial charge in [-0.15, -0.1) is 0 Å². The van der Waals surface area contributed by atoms with Crippen molar-refractivity contribution >= 4 is 11.4 Å². The summed E-state index contributed by atoms with van der Waals surface area (Å²) in [5, 5.41) is 28.8. The Morgan fingerprint density at radius 3 is 2.50 bits per heavy atom. The lowest BCUT2D eigenvalue weighted by Crippen LogP contribution is -2.46. The smallest absolute Gasteiger partial charge is 0.310 e. The first-order valence-electron chi connectivity index (χ1n) is 6.19. The normalized spacial score (nSPS) is 15.4. The van der Waals surface area contributed by atoms with Gasteiger partial charge in [-0.1, -0.05) is 6.07 Å². The fourth-order valence-corrected chi connectivity index (χ4v) is 2.32. The molecule has 1 saturated heterocycles. The number of nitrogens with zero attached hydrogens (tertiary/aromatic N) is 5. The monoisotopic (exact) mass is 271 g/mol. The van der Waals surface area contributed by atoms with Crippen LogP contribution in [-0.2, 0) is 0 Å². The van der Waals surface area contributed by atoms with Crippen LogP contribution in [0.2, 0.25) is 0 Å². The van der Waals surface area contributed by atoms with Gasteiger partial charge in [0.1, 0.15) is 17.3 Å². The number of nitro benzene ring substituents is 1. The fraction of sp³-hybridized carbons (Fsp3) is 0.385. The van der Waals surface area contributed by atoms with Gasteiger partial charge in [-0.2, -0.15) is 10.5 Å². The number of nitro groups is 1. The lowest BCUT2D eigenvalue weighted by atomic mass is 10.1. The third-order valence-corrected chi connectivity index (χ3v) is 3.33. The quantitative estimate of drug-likeness (QED) is 0.464. The van der Waals surface area contributed by atoms with E-state index in [0.29, 0.717) is 38.4 Å². The van der Waals surface area contributed by atoms with E-state index in [1.807, 2.05) is 15.9 Å². The highest BCUT2D eigenvalue weighted by Gasteiger charge is 2.26. The van der Waals surface area contributed by atoms with Gasteiger partial charge in [0, 0.05) is 26.2 Å². The molecule has 0 amide bonds. The molecule has 1 aliphatic rings. The zero-order chi connectivity index (χ0) is 14.5. The Hall–Kier alpha value is -2.64. The van der Waals surface area contributed by atoms with Crippen molar-refractivity contribution < 1.29 is 4.92 Å². The highest BCUT2D eigenvalue weighted by Crippen LogP contribution is 2.31. The van der Waals surface area contributed by atoms with Crippen molar-refractivity contribution in [2.24, 2.45) is 0 Å². The lowest BCUT2D eigenvalue weighted by molar-refractivity contribution is -0.384. The summed E-state index contributed by atoms with van der Waals surface area (Å²) in [5.74, 6) is 0. The summed E-state index contributed by atoms with van der Waals surface area (Å²) >= 11 is 0. The molecule has 7 heteroatoms. The van der Waals surface area contributed by atoms with Crippen molar-refractivity contribution in [3.05, 3.63) is 33.9 Å². The Labute approximate surface area is 116 Å². The van der Waals surface area contributed by atoms with E-state index < -0.39 is 4.92 Å². The van der Waals surface area contributed by atoms with Gasteiger partial charge < -0.3 is 4.90 Å². The van der Waals surface area contributed by atoms with Crippen molar-refractivity contribution in [3.8, 4) is 12.1 Å². The van der Waals surface area contributed by atoms with Gasteiger partial charge in [-0.05, 0) is 12.1 Å². The Morgan fingerprint density at radius 2 is 1.95 bits per heavy atom. The molecule has 0 radical (unpaired) electrons. The van der Waals surface area contributed by atoms with E-state index in [1.165, 1.54) is 6.07 Å². The summed E-state index contributed by atoms with van der Waals surface area (Å²) in [4.78, 5) is 14.6. The molecule has 0 aromatic heterocycles. The predicted molar refractivity (Wildman–Crippen MR) is 72.1 cm³/mol. The Kier molecular flexibility index (Phi) is 4.14. The van der Waals surface area contributed by atoms with Crippen LogP contribution in [0.15, 0.2) is 18.2 Å². The average molecular weight is 271 g/mol. The Bertz CT molecular complexity index is 594. The minimum Gasteiger partial charge on any atom is -0.363 e. The molecule has 7 nitrogen and oxygen atoms in total. The van der Waals surface area contributed by atoms with Crippen LogP contribution in [0, 0.1) is 32.8 Å². The van der Waals surface area contributed by atoms with E-state index in [4.69, 9.17) is 10.5 Å². The molecule has 1 aromatic rings. The molecule has 0 saturated carbocycles. The largest absolute Gasteiger partial charge is 0.363 e. The summed E-state index contributed by atoms with van der Waals surface area (Å²) in [7, 11) is 0. The molecule has 0 aliphatic carbocycles. The molecule has 1 fully saturated rings. The van der Waals surface area contributed by atoms with Crippen molar-refractivity contribution in [2.45, 2.75) is 0 Å². The van der Waals surface area contributed by atoms with Crippen LogP contribution in [-0.4, -0.2) is 42.5 Å². The van der Waals surface area contributed by atoms with E-state index in [0.717, 1.165) is 0 Å². The number of hydrogen-bond donors (Lipinski definition) is 0. The molecule has 1 aliphatic heterocycles. The zero-order valence-electron chi connectivity index (χ0n) is 10.8. The predicted octanol–water partition coefficient (Wildman–Crippen LogP) is 1.11. The third kappa shape index (κ3) is 2.68. The zero-order valence-corrected chi connectivity index (χ0v) is 10.8. The maximum atomic E-state index is 11.2. The van der Waals surface area contributed by atoms with Crippen molar-refractivity contribution in [2.75, 3.05) is 37.6 Å². The molecule has 1 aromatic carbocycles. The minimum absolute atomic E-state index is 0.0759. The van der Waals surface area contributed by atoms with Crippen molar-refractivity contribution in [1.82, 2.24) is 4.90 Å². The van der Waals surface area contributed by atoms with E-state index in [9.17, 15) is 10.1 Å². The first-order valence-corrected chi connectivity index (χ1v) is 6.19. The summed E-state index contributed by atoms with van der Waals surface area (Å²) in [6, 6.07) is 8.73. The molecule has 20 heavy (non-hydrogen) atoms. The summed E-state index contributed by atoms with van der Waals surface area (Å²) in [5.41, 5.74) is 0.418. The van der Waals surface area contributed by atoms with Gasteiger partial charge >= 0.3 is 5.69 Å². The second-order valence-electron chi connectivity index (χ2n) is 4.46. The highest BCUT2D eigenvalue weighted by molar-refractivity contribution is 5.70. The molecule has 0 bridgehead atoms. The maximum Gasteiger partial charge on any atom is 0.310 e. The second kappa shape index (κ2) is 6.00. The van der Waals surface area contributed by atoms with Crippen LogP contribution in [0.4, 0.5) is 11.4 Å². The lowest BCUT2D eigenvalue weighted by Gasteiger charge is -2.34. The fourth-order valence-electron chi connectivity index (χ4n) is 2.32. The molecular formula is C13H13N5O2. The Balaban J connectivity index is 2.25. The first kappa shape index (κ1) is 13.8. The van der Waals surface area contributed by atoms with E-state index >= 15 is 0 Å². The minimum atomic E-state index is -0.504. The van der Waals surface area contributed by atoms with Gasteiger partial charge in [0.05, 0.1) is 17.5 Å². The molecule has 1 heterocycles.